The average molecular weight is 305 g/mol. The highest BCUT2D eigenvalue weighted by Crippen LogP contribution is 2.00. The van der Waals surface area contributed by atoms with Crippen LogP contribution >= 0.6 is 0 Å². The van der Waals surface area contributed by atoms with Crippen LogP contribution in [0.3, 0.4) is 0 Å². The Kier molecular flexibility index (Phi) is 42.1. The molecule has 4 nitrogen and oxygen atoms in total. The lowest BCUT2D eigenvalue weighted by Crippen LogP contribution is -2.22. The molecule has 4 heteroatoms. The minimum Gasteiger partial charge on any atom is -0.396 e. The molecule has 0 aromatic heterocycles. The number of hydrogen-bond acceptors (Lipinski definition) is 3. The molecular formula is C17H40N2O2. The third kappa shape index (κ3) is 38.1. The Hall–Kier alpha value is -1.06. The van der Waals surface area contributed by atoms with Crippen LogP contribution < -0.4 is 5.32 Å². The van der Waals surface area contributed by atoms with E-state index in [4.69, 9.17) is 4.84 Å². The van der Waals surface area contributed by atoms with Crippen LogP contribution in [0.15, 0.2) is 5.16 Å². The molecule has 0 saturated carbocycles. The molecule has 1 N–H and O–H groups in total. The van der Waals surface area contributed by atoms with Crippen molar-refractivity contribution in [3.63, 3.8) is 0 Å². The van der Waals surface area contributed by atoms with Gasteiger partial charge in [-0.3, -0.25) is 4.79 Å². The van der Waals surface area contributed by atoms with E-state index in [1.165, 1.54) is 0 Å². The standard InChI is InChI=1S/C11H22N2O2.3C2H6/c1-4-12-11(14)8-6-5-7-9-15-13-10(2)3;3*1-2/h4-9H2,1-3H3,(H,12,14);3*1-2H3. The quantitative estimate of drug-likeness (QED) is 0.382. The number of oxime groups is 1. The predicted molar refractivity (Wildman–Crippen MR) is 95.9 cm³/mol. The lowest BCUT2D eigenvalue weighted by molar-refractivity contribution is -0.121. The molecule has 130 valence electrons. The minimum atomic E-state index is 0.140. The highest BCUT2D eigenvalue weighted by Gasteiger charge is 1.98. The van der Waals surface area contributed by atoms with E-state index in [1.54, 1.807) is 0 Å². The summed E-state index contributed by atoms with van der Waals surface area (Å²) in [4.78, 5) is 16.1. The van der Waals surface area contributed by atoms with Gasteiger partial charge in [0.25, 0.3) is 0 Å². The fraction of sp³-hybridized carbons (Fsp3) is 0.882. The van der Waals surface area contributed by atoms with E-state index < -0.39 is 0 Å². The molecular weight excluding hydrogens is 264 g/mol. The van der Waals surface area contributed by atoms with Crippen molar-refractivity contribution in [3.8, 4) is 0 Å². The Labute approximate surface area is 133 Å². The first kappa shape index (κ1) is 28.2. The van der Waals surface area contributed by atoms with Gasteiger partial charge in [0.05, 0.1) is 5.71 Å². The van der Waals surface area contributed by atoms with Crippen LogP contribution in [0.1, 0.15) is 88.0 Å². The lowest BCUT2D eigenvalue weighted by atomic mass is 10.2. The van der Waals surface area contributed by atoms with Gasteiger partial charge in [0, 0.05) is 13.0 Å². The van der Waals surface area contributed by atoms with E-state index in [1.807, 2.05) is 62.3 Å². The summed E-state index contributed by atoms with van der Waals surface area (Å²) in [6, 6.07) is 0. The highest BCUT2D eigenvalue weighted by molar-refractivity contribution is 5.78. The summed E-state index contributed by atoms with van der Waals surface area (Å²) in [5, 5.41) is 6.59. The Balaban J connectivity index is -0.000000212. The van der Waals surface area contributed by atoms with Crippen molar-refractivity contribution >= 4 is 11.6 Å². The number of carbonyl (C=O) groups excluding carboxylic acids is 1. The highest BCUT2D eigenvalue weighted by atomic mass is 16.6. The zero-order valence-corrected chi connectivity index (χ0v) is 16.0. The fourth-order valence-electron chi connectivity index (χ4n) is 1.09. The molecule has 0 rings (SSSR count). The molecule has 21 heavy (non-hydrogen) atoms. The van der Waals surface area contributed by atoms with Crippen LogP contribution in [0.5, 0.6) is 0 Å². The number of carbonyl (C=O) groups is 1. The van der Waals surface area contributed by atoms with Crippen molar-refractivity contribution in [1.29, 1.82) is 0 Å². The van der Waals surface area contributed by atoms with Crippen molar-refractivity contribution in [2.24, 2.45) is 5.16 Å². The zero-order chi connectivity index (χ0) is 17.5. The second-order valence-electron chi connectivity index (χ2n) is 3.64. The van der Waals surface area contributed by atoms with Gasteiger partial charge in [-0.05, 0) is 40.0 Å². The molecule has 0 aliphatic heterocycles. The SMILES string of the molecule is CC.CC.CC.CCNC(=O)CCCCCON=C(C)C. The Morgan fingerprint density at radius 2 is 1.48 bits per heavy atom. The predicted octanol–water partition coefficient (Wildman–Crippen LogP) is 5.17. The van der Waals surface area contributed by atoms with Crippen LogP contribution in [-0.4, -0.2) is 24.8 Å². The Bertz CT molecular complexity index is 201. The van der Waals surface area contributed by atoms with E-state index in [2.05, 4.69) is 10.5 Å². The molecule has 0 aromatic carbocycles. The first-order chi connectivity index (χ1) is 10.2. The third-order valence-corrected chi connectivity index (χ3v) is 1.76. The summed E-state index contributed by atoms with van der Waals surface area (Å²) >= 11 is 0. The van der Waals surface area contributed by atoms with Gasteiger partial charge in [0.15, 0.2) is 0 Å². The van der Waals surface area contributed by atoms with Crippen LogP contribution in [0.25, 0.3) is 0 Å². The second-order valence-corrected chi connectivity index (χ2v) is 3.64. The van der Waals surface area contributed by atoms with Gasteiger partial charge in [0.2, 0.25) is 5.91 Å². The lowest BCUT2D eigenvalue weighted by Gasteiger charge is -2.02. The smallest absolute Gasteiger partial charge is 0.219 e. The van der Waals surface area contributed by atoms with E-state index in [0.29, 0.717) is 19.6 Å². The molecule has 0 atom stereocenters. The fourth-order valence-corrected chi connectivity index (χ4v) is 1.09. The number of rotatable bonds is 8. The van der Waals surface area contributed by atoms with Gasteiger partial charge in [-0.1, -0.05) is 46.7 Å². The van der Waals surface area contributed by atoms with Crippen LogP contribution in [0.4, 0.5) is 0 Å². The maximum Gasteiger partial charge on any atom is 0.219 e. The molecule has 0 aliphatic carbocycles. The number of hydrogen-bond donors (Lipinski definition) is 1. The molecule has 0 aliphatic rings. The summed E-state index contributed by atoms with van der Waals surface area (Å²) in [7, 11) is 0. The van der Waals surface area contributed by atoms with Crippen molar-refractivity contribution in [2.75, 3.05) is 13.2 Å². The van der Waals surface area contributed by atoms with Crippen molar-refractivity contribution in [1.82, 2.24) is 5.32 Å². The third-order valence-electron chi connectivity index (χ3n) is 1.76. The zero-order valence-electron chi connectivity index (χ0n) is 16.0. The maximum atomic E-state index is 11.1. The molecule has 0 radical (unpaired) electrons. The van der Waals surface area contributed by atoms with Gasteiger partial charge < -0.3 is 10.2 Å². The first-order valence-electron chi connectivity index (χ1n) is 8.56. The van der Waals surface area contributed by atoms with E-state index in [9.17, 15) is 4.79 Å². The largest absolute Gasteiger partial charge is 0.396 e. The molecule has 0 bridgehead atoms. The average Bonchev–Trinajstić information content (AvgIpc) is 2.52. The summed E-state index contributed by atoms with van der Waals surface area (Å²) in [5.41, 5.74) is 0.928. The normalized spacial score (nSPS) is 7.67. The van der Waals surface area contributed by atoms with Gasteiger partial charge in [0.1, 0.15) is 6.61 Å². The number of unbranched alkanes of at least 4 members (excludes halogenated alkanes) is 2. The number of nitrogens with zero attached hydrogens (tertiary/aromatic N) is 1. The summed E-state index contributed by atoms with van der Waals surface area (Å²) < 4.78 is 0. The Morgan fingerprint density at radius 3 is 1.90 bits per heavy atom. The minimum absolute atomic E-state index is 0.140. The van der Waals surface area contributed by atoms with Gasteiger partial charge >= 0.3 is 0 Å². The van der Waals surface area contributed by atoms with Crippen molar-refractivity contribution in [3.05, 3.63) is 0 Å². The molecule has 0 heterocycles. The van der Waals surface area contributed by atoms with E-state index in [-0.39, 0.29) is 5.91 Å². The number of amides is 1. The van der Waals surface area contributed by atoms with Crippen LogP contribution in [0, 0.1) is 0 Å². The first-order valence-corrected chi connectivity index (χ1v) is 8.56. The summed E-state index contributed by atoms with van der Waals surface area (Å²) in [5.74, 6) is 0.140. The van der Waals surface area contributed by atoms with Crippen molar-refractivity contribution < 1.29 is 9.63 Å². The summed E-state index contributed by atoms with van der Waals surface area (Å²) in [6.07, 6.45) is 3.50. The number of nitrogens with one attached hydrogen (secondary N) is 1. The van der Waals surface area contributed by atoms with Gasteiger partial charge in [-0.25, -0.2) is 0 Å². The van der Waals surface area contributed by atoms with Crippen molar-refractivity contribution in [2.45, 2.75) is 88.0 Å². The summed E-state index contributed by atoms with van der Waals surface area (Å²) in [6.45, 7) is 19.1. The maximum absolute atomic E-state index is 11.1. The van der Waals surface area contributed by atoms with Crippen LogP contribution in [-0.2, 0) is 9.63 Å². The molecule has 0 unspecified atom stereocenters. The molecule has 0 fully saturated rings. The Morgan fingerprint density at radius 1 is 0.952 bits per heavy atom. The van der Waals surface area contributed by atoms with Gasteiger partial charge in [-0.2, -0.15) is 0 Å². The van der Waals surface area contributed by atoms with Crippen LogP contribution in [0.2, 0.25) is 0 Å². The monoisotopic (exact) mass is 304 g/mol. The molecule has 0 saturated heterocycles. The van der Waals surface area contributed by atoms with E-state index in [0.717, 1.165) is 25.0 Å². The molecule has 0 spiro atoms. The topological polar surface area (TPSA) is 50.7 Å². The second kappa shape index (κ2) is 31.4. The van der Waals surface area contributed by atoms with E-state index >= 15 is 0 Å². The molecule has 1 amide bonds. The van der Waals surface area contributed by atoms with Gasteiger partial charge in [-0.15, -0.1) is 0 Å². The molecule has 0 aromatic rings.